The minimum Gasteiger partial charge on any atom is -0.496 e. The maximum absolute atomic E-state index is 10.7. The molecule has 1 aromatic carbocycles. The Hall–Kier alpha value is -2.10. The molecular weight excluding hydrogens is 216 g/mol. The Bertz CT molecular complexity index is 559. The first-order valence-electron chi connectivity index (χ1n) is 5.32. The van der Waals surface area contributed by atoms with Crippen LogP contribution in [0.2, 0.25) is 0 Å². The number of ether oxygens (including phenoxy) is 1. The van der Waals surface area contributed by atoms with Crippen molar-refractivity contribution in [3.8, 4) is 17.0 Å². The highest BCUT2D eigenvalue weighted by molar-refractivity contribution is 5.73. The van der Waals surface area contributed by atoms with E-state index in [1.165, 1.54) is 0 Å². The number of carbonyl (C=O) groups is 1. The largest absolute Gasteiger partial charge is 0.496 e. The van der Waals surface area contributed by atoms with Gasteiger partial charge in [-0.25, -0.2) is 4.98 Å². The third kappa shape index (κ3) is 2.06. The fraction of sp³-hybridized carbons (Fsp3) is 0.231. The van der Waals surface area contributed by atoms with Crippen molar-refractivity contribution in [3.63, 3.8) is 0 Å². The van der Waals surface area contributed by atoms with Crippen molar-refractivity contribution in [2.45, 2.75) is 13.8 Å². The number of hydrogen-bond acceptors (Lipinski definition) is 3. The number of aryl methyl sites for hydroxylation is 2. The van der Waals surface area contributed by atoms with Crippen LogP contribution in [0.4, 0.5) is 0 Å². The number of aromatic nitrogens is 2. The van der Waals surface area contributed by atoms with Crippen LogP contribution in [-0.4, -0.2) is 23.4 Å². The fourth-order valence-electron chi connectivity index (χ4n) is 1.85. The number of carbonyl (C=O) groups excluding carboxylic acids is 1. The molecule has 4 nitrogen and oxygen atoms in total. The van der Waals surface area contributed by atoms with Crippen LogP contribution in [0.5, 0.6) is 5.75 Å². The normalized spacial score (nSPS) is 10.3. The van der Waals surface area contributed by atoms with Gasteiger partial charge in [-0.2, -0.15) is 0 Å². The molecule has 2 aromatic rings. The first-order chi connectivity index (χ1) is 8.15. The molecule has 1 aromatic heterocycles. The summed E-state index contributed by atoms with van der Waals surface area (Å²) in [6, 6.07) is 5.83. The molecule has 1 heterocycles. The molecule has 0 aliphatic heterocycles. The van der Waals surface area contributed by atoms with Crippen LogP contribution >= 0.6 is 0 Å². The van der Waals surface area contributed by atoms with E-state index in [1.54, 1.807) is 7.11 Å². The Balaban J connectivity index is 2.49. The van der Waals surface area contributed by atoms with E-state index < -0.39 is 0 Å². The monoisotopic (exact) mass is 230 g/mol. The van der Waals surface area contributed by atoms with Gasteiger partial charge < -0.3 is 9.72 Å². The topological polar surface area (TPSA) is 55.0 Å². The Labute approximate surface area is 99.7 Å². The zero-order chi connectivity index (χ0) is 12.4. The lowest BCUT2D eigenvalue weighted by atomic mass is 10.1. The van der Waals surface area contributed by atoms with E-state index in [4.69, 9.17) is 4.74 Å². The third-order valence-corrected chi connectivity index (χ3v) is 2.68. The number of rotatable bonds is 3. The van der Waals surface area contributed by atoms with Gasteiger partial charge in [-0.15, -0.1) is 0 Å². The molecule has 0 amide bonds. The van der Waals surface area contributed by atoms with E-state index in [1.807, 2.05) is 32.0 Å². The van der Waals surface area contributed by atoms with Gasteiger partial charge in [0.15, 0.2) is 12.1 Å². The minimum atomic E-state index is 0.353. The highest BCUT2D eigenvalue weighted by atomic mass is 16.5. The minimum absolute atomic E-state index is 0.353. The average molecular weight is 230 g/mol. The van der Waals surface area contributed by atoms with E-state index in [9.17, 15) is 4.79 Å². The second-order valence-electron chi connectivity index (χ2n) is 3.90. The van der Waals surface area contributed by atoms with Crippen LogP contribution in [0.25, 0.3) is 11.3 Å². The maximum Gasteiger partial charge on any atom is 0.185 e. The van der Waals surface area contributed by atoms with Crippen LogP contribution in [0.15, 0.2) is 18.2 Å². The quantitative estimate of drug-likeness (QED) is 0.824. The maximum atomic E-state index is 10.7. The van der Waals surface area contributed by atoms with Gasteiger partial charge in [0.1, 0.15) is 5.75 Å². The Morgan fingerprint density at radius 3 is 2.65 bits per heavy atom. The number of hydrogen-bond donors (Lipinski definition) is 1. The lowest BCUT2D eigenvalue weighted by molar-refractivity contribution is 0.111. The molecule has 0 saturated carbocycles. The van der Waals surface area contributed by atoms with Crippen molar-refractivity contribution >= 4 is 6.29 Å². The zero-order valence-electron chi connectivity index (χ0n) is 10.1. The smallest absolute Gasteiger partial charge is 0.185 e. The molecule has 0 radical (unpaired) electrons. The molecule has 0 aliphatic rings. The average Bonchev–Trinajstić information content (AvgIpc) is 2.70. The Morgan fingerprint density at radius 2 is 2.12 bits per heavy atom. The van der Waals surface area contributed by atoms with Crippen molar-refractivity contribution in [3.05, 3.63) is 35.3 Å². The van der Waals surface area contributed by atoms with Crippen LogP contribution in [0.3, 0.4) is 0 Å². The third-order valence-electron chi connectivity index (χ3n) is 2.68. The summed E-state index contributed by atoms with van der Waals surface area (Å²) in [5.41, 5.74) is 3.71. The molecule has 17 heavy (non-hydrogen) atoms. The molecule has 2 rings (SSSR count). The van der Waals surface area contributed by atoms with E-state index in [-0.39, 0.29) is 0 Å². The summed E-state index contributed by atoms with van der Waals surface area (Å²) >= 11 is 0. The molecule has 0 spiro atoms. The molecule has 88 valence electrons. The number of nitrogens with zero attached hydrogens (tertiary/aromatic N) is 1. The number of aromatic amines is 1. The van der Waals surface area contributed by atoms with Crippen LogP contribution in [-0.2, 0) is 0 Å². The Morgan fingerprint density at radius 1 is 1.35 bits per heavy atom. The molecule has 0 aliphatic carbocycles. The zero-order valence-corrected chi connectivity index (χ0v) is 10.1. The summed E-state index contributed by atoms with van der Waals surface area (Å²) < 4.78 is 5.21. The predicted molar refractivity (Wildman–Crippen MR) is 65.4 cm³/mol. The van der Waals surface area contributed by atoms with Gasteiger partial charge >= 0.3 is 0 Å². The lowest BCUT2D eigenvalue weighted by Gasteiger charge is -2.06. The van der Waals surface area contributed by atoms with Gasteiger partial charge in [0.05, 0.1) is 12.8 Å². The summed E-state index contributed by atoms with van der Waals surface area (Å²) in [6.45, 7) is 3.87. The van der Waals surface area contributed by atoms with Gasteiger partial charge in [-0.3, -0.25) is 4.79 Å². The molecule has 0 unspecified atom stereocenters. The summed E-state index contributed by atoms with van der Waals surface area (Å²) in [6.07, 6.45) is 0.715. The van der Waals surface area contributed by atoms with Gasteiger partial charge in [0, 0.05) is 11.3 Å². The standard InChI is InChI=1S/C13H14N2O2/c1-8-6-10(4-5-11(8)17-3)13-9(2)14-12(7-16)15-13/h4-7H,1-3H3,(H,14,15). The van der Waals surface area contributed by atoms with Crippen molar-refractivity contribution in [1.82, 2.24) is 9.97 Å². The number of imidazole rings is 1. The number of benzene rings is 1. The molecule has 0 saturated heterocycles. The lowest BCUT2D eigenvalue weighted by Crippen LogP contribution is -1.89. The van der Waals surface area contributed by atoms with E-state index in [2.05, 4.69) is 9.97 Å². The highest BCUT2D eigenvalue weighted by Gasteiger charge is 2.09. The van der Waals surface area contributed by atoms with Gasteiger partial charge in [-0.05, 0) is 37.6 Å². The van der Waals surface area contributed by atoms with Crippen LogP contribution in [0.1, 0.15) is 21.9 Å². The molecule has 4 heteroatoms. The number of methoxy groups -OCH3 is 1. The second kappa shape index (κ2) is 4.41. The summed E-state index contributed by atoms with van der Waals surface area (Å²) in [5, 5.41) is 0. The summed E-state index contributed by atoms with van der Waals surface area (Å²) in [5.74, 6) is 1.20. The number of nitrogens with one attached hydrogen (secondary N) is 1. The van der Waals surface area contributed by atoms with E-state index >= 15 is 0 Å². The number of H-pyrrole nitrogens is 1. The molecule has 0 atom stereocenters. The molecule has 1 N–H and O–H groups in total. The molecular formula is C13H14N2O2. The molecule has 0 fully saturated rings. The first-order valence-corrected chi connectivity index (χ1v) is 5.32. The predicted octanol–water partition coefficient (Wildman–Crippen LogP) is 2.51. The van der Waals surface area contributed by atoms with Crippen molar-refractivity contribution in [2.75, 3.05) is 7.11 Å². The van der Waals surface area contributed by atoms with Crippen molar-refractivity contribution in [2.24, 2.45) is 0 Å². The van der Waals surface area contributed by atoms with E-state index in [0.717, 1.165) is 28.3 Å². The second-order valence-corrected chi connectivity index (χ2v) is 3.90. The van der Waals surface area contributed by atoms with Gasteiger partial charge in [0.2, 0.25) is 0 Å². The first kappa shape index (κ1) is 11.4. The van der Waals surface area contributed by atoms with E-state index in [0.29, 0.717) is 12.1 Å². The SMILES string of the molecule is COc1ccc(-c2nc(C=O)[nH]c2C)cc1C. The van der Waals surface area contributed by atoms with Crippen LogP contribution < -0.4 is 4.74 Å². The van der Waals surface area contributed by atoms with Crippen molar-refractivity contribution in [1.29, 1.82) is 0 Å². The summed E-state index contributed by atoms with van der Waals surface area (Å²) in [4.78, 5) is 17.8. The summed E-state index contributed by atoms with van der Waals surface area (Å²) in [7, 11) is 1.65. The van der Waals surface area contributed by atoms with Crippen molar-refractivity contribution < 1.29 is 9.53 Å². The van der Waals surface area contributed by atoms with Crippen LogP contribution in [0, 0.1) is 13.8 Å². The fourth-order valence-corrected chi connectivity index (χ4v) is 1.85. The highest BCUT2D eigenvalue weighted by Crippen LogP contribution is 2.26. The molecule has 0 bridgehead atoms. The van der Waals surface area contributed by atoms with Gasteiger partial charge in [0.25, 0.3) is 0 Å². The Kier molecular flexibility index (Phi) is 2.95. The van der Waals surface area contributed by atoms with Gasteiger partial charge in [-0.1, -0.05) is 0 Å². The number of aldehydes is 1.